The SMILES string of the molecule is Brc1cccc(CN2CCC3CCCCC32)c1. The predicted molar refractivity (Wildman–Crippen MR) is 74.9 cm³/mol. The minimum absolute atomic E-state index is 0.878. The van der Waals surface area contributed by atoms with Crippen molar-refractivity contribution in [2.75, 3.05) is 6.54 Å². The molecule has 1 saturated heterocycles. The van der Waals surface area contributed by atoms with E-state index < -0.39 is 0 Å². The van der Waals surface area contributed by atoms with Crippen LogP contribution in [0.4, 0.5) is 0 Å². The van der Waals surface area contributed by atoms with Gasteiger partial charge in [-0.25, -0.2) is 0 Å². The van der Waals surface area contributed by atoms with Gasteiger partial charge in [0.2, 0.25) is 0 Å². The van der Waals surface area contributed by atoms with E-state index >= 15 is 0 Å². The average molecular weight is 294 g/mol. The Bertz CT molecular complexity index is 390. The molecule has 0 bridgehead atoms. The van der Waals surface area contributed by atoms with Crippen molar-refractivity contribution < 1.29 is 0 Å². The minimum Gasteiger partial charge on any atom is -0.296 e. The van der Waals surface area contributed by atoms with Crippen LogP contribution >= 0.6 is 15.9 Å². The summed E-state index contributed by atoms with van der Waals surface area (Å²) < 4.78 is 1.20. The minimum atomic E-state index is 0.878. The van der Waals surface area contributed by atoms with Crippen molar-refractivity contribution >= 4 is 15.9 Å². The first-order chi connectivity index (χ1) is 8.33. The van der Waals surface area contributed by atoms with Crippen molar-refractivity contribution in [3.8, 4) is 0 Å². The molecule has 2 fully saturated rings. The van der Waals surface area contributed by atoms with Gasteiger partial charge in [0.15, 0.2) is 0 Å². The van der Waals surface area contributed by atoms with E-state index in [2.05, 4.69) is 45.1 Å². The Labute approximate surface area is 112 Å². The van der Waals surface area contributed by atoms with E-state index in [1.54, 1.807) is 0 Å². The number of halogens is 1. The predicted octanol–water partition coefficient (Wildman–Crippen LogP) is 4.21. The fourth-order valence-corrected chi connectivity index (χ4v) is 4.02. The van der Waals surface area contributed by atoms with Crippen molar-refractivity contribution in [2.45, 2.75) is 44.7 Å². The Morgan fingerprint density at radius 2 is 2.06 bits per heavy atom. The van der Waals surface area contributed by atoms with E-state index in [9.17, 15) is 0 Å². The quantitative estimate of drug-likeness (QED) is 0.789. The molecule has 3 rings (SSSR count). The largest absolute Gasteiger partial charge is 0.296 e. The summed E-state index contributed by atoms with van der Waals surface area (Å²) in [6, 6.07) is 9.64. The molecule has 2 unspecified atom stereocenters. The van der Waals surface area contributed by atoms with Crippen LogP contribution in [0.1, 0.15) is 37.7 Å². The highest BCUT2D eigenvalue weighted by atomic mass is 79.9. The molecule has 2 atom stereocenters. The Morgan fingerprint density at radius 3 is 2.94 bits per heavy atom. The molecule has 2 aliphatic rings. The summed E-state index contributed by atoms with van der Waals surface area (Å²) in [5.41, 5.74) is 1.45. The van der Waals surface area contributed by atoms with Crippen LogP contribution in [0.5, 0.6) is 0 Å². The Morgan fingerprint density at radius 1 is 1.18 bits per heavy atom. The van der Waals surface area contributed by atoms with E-state index in [1.807, 2.05) is 0 Å². The summed E-state index contributed by atoms with van der Waals surface area (Å²) in [5, 5.41) is 0. The lowest BCUT2D eigenvalue weighted by atomic mass is 9.85. The molecular formula is C15H20BrN. The molecule has 0 N–H and O–H groups in total. The fourth-order valence-electron chi connectivity index (χ4n) is 3.57. The van der Waals surface area contributed by atoms with Gasteiger partial charge in [-0.05, 0) is 49.4 Å². The van der Waals surface area contributed by atoms with Gasteiger partial charge in [0.05, 0.1) is 0 Å². The van der Waals surface area contributed by atoms with Gasteiger partial charge in [-0.2, -0.15) is 0 Å². The molecule has 0 radical (unpaired) electrons. The average Bonchev–Trinajstić information content (AvgIpc) is 2.73. The number of hydrogen-bond acceptors (Lipinski definition) is 1. The van der Waals surface area contributed by atoms with Crippen molar-refractivity contribution in [2.24, 2.45) is 5.92 Å². The summed E-state index contributed by atoms with van der Waals surface area (Å²) in [5.74, 6) is 0.996. The molecule has 1 aromatic carbocycles. The number of nitrogens with zero attached hydrogens (tertiary/aromatic N) is 1. The third-order valence-corrected chi connectivity index (χ3v) is 4.89. The lowest BCUT2D eigenvalue weighted by Gasteiger charge is -2.31. The molecule has 0 spiro atoms. The lowest BCUT2D eigenvalue weighted by molar-refractivity contribution is 0.176. The second-order valence-corrected chi connectivity index (χ2v) is 6.42. The van der Waals surface area contributed by atoms with Crippen LogP contribution in [0.2, 0.25) is 0 Å². The van der Waals surface area contributed by atoms with Gasteiger partial charge >= 0.3 is 0 Å². The van der Waals surface area contributed by atoms with Gasteiger partial charge in [-0.3, -0.25) is 4.90 Å². The van der Waals surface area contributed by atoms with Crippen LogP contribution in [0.15, 0.2) is 28.7 Å². The van der Waals surface area contributed by atoms with E-state index in [4.69, 9.17) is 0 Å². The molecular weight excluding hydrogens is 274 g/mol. The zero-order valence-electron chi connectivity index (χ0n) is 10.2. The molecule has 0 aromatic heterocycles. The van der Waals surface area contributed by atoms with E-state index in [-0.39, 0.29) is 0 Å². The fraction of sp³-hybridized carbons (Fsp3) is 0.600. The third kappa shape index (κ3) is 2.58. The van der Waals surface area contributed by atoms with E-state index in [0.717, 1.165) is 18.5 Å². The number of benzene rings is 1. The smallest absolute Gasteiger partial charge is 0.0237 e. The Kier molecular flexibility index (Phi) is 3.53. The Balaban J connectivity index is 1.69. The highest BCUT2D eigenvalue weighted by molar-refractivity contribution is 9.10. The third-order valence-electron chi connectivity index (χ3n) is 4.40. The van der Waals surface area contributed by atoms with Gasteiger partial charge in [0.25, 0.3) is 0 Å². The van der Waals surface area contributed by atoms with Crippen LogP contribution in [-0.2, 0) is 6.54 Å². The van der Waals surface area contributed by atoms with Crippen LogP contribution in [0.25, 0.3) is 0 Å². The van der Waals surface area contributed by atoms with Crippen molar-refractivity contribution in [3.63, 3.8) is 0 Å². The topological polar surface area (TPSA) is 3.24 Å². The van der Waals surface area contributed by atoms with Gasteiger partial charge in [-0.15, -0.1) is 0 Å². The monoisotopic (exact) mass is 293 g/mol. The summed E-state index contributed by atoms with van der Waals surface area (Å²) in [6.07, 6.45) is 7.24. The molecule has 17 heavy (non-hydrogen) atoms. The zero-order valence-corrected chi connectivity index (χ0v) is 11.8. The number of hydrogen-bond donors (Lipinski definition) is 0. The highest BCUT2D eigenvalue weighted by Gasteiger charge is 2.35. The van der Waals surface area contributed by atoms with Crippen molar-refractivity contribution in [1.82, 2.24) is 4.90 Å². The molecule has 1 aliphatic carbocycles. The van der Waals surface area contributed by atoms with Gasteiger partial charge in [-0.1, -0.05) is 40.9 Å². The van der Waals surface area contributed by atoms with Crippen LogP contribution in [-0.4, -0.2) is 17.5 Å². The van der Waals surface area contributed by atoms with E-state index in [0.29, 0.717) is 0 Å². The van der Waals surface area contributed by atoms with Crippen molar-refractivity contribution in [3.05, 3.63) is 34.3 Å². The van der Waals surface area contributed by atoms with Gasteiger partial charge < -0.3 is 0 Å². The molecule has 1 saturated carbocycles. The molecule has 92 valence electrons. The maximum atomic E-state index is 3.56. The molecule has 1 nitrogen and oxygen atoms in total. The number of likely N-dealkylation sites (tertiary alicyclic amines) is 1. The summed E-state index contributed by atoms with van der Waals surface area (Å²) in [7, 11) is 0. The second kappa shape index (κ2) is 5.11. The van der Waals surface area contributed by atoms with E-state index in [1.165, 1.54) is 48.7 Å². The number of fused-ring (bicyclic) bond motifs is 1. The summed E-state index contributed by atoms with van der Waals surface area (Å²) in [6.45, 7) is 2.45. The van der Waals surface area contributed by atoms with Crippen molar-refractivity contribution in [1.29, 1.82) is 0 Å². The standard InChI is InChI=1S/C15H20BrN/c16-14-6-3-4-12(10-14)11-17-9-8-13-5-1-2-7-15(13)17/h3-4,6,10,13,15H,1-2,5,7-9,11H2. The summed E-state index contributed by atoms with van der Waals surface area (Å²) >= 11 is 3.56. The highest BCUT2D eigenvalue weighted by Crippen LogP contribution is 2.36. The molecule has 2 heteroatoms. The normalized spacial score (nSPS) is 29.2. The molecule has 0 amide bonds. The number of rotatable bonds is 2. The molecule has 1 aliphatic heterocycles. The first-order valence-electron chi connectivity index (χ1n) is 6.81. The maximum Gasteiger partial charge on any atom is 0.0237 e. The Hall–Kier alpha value is -0.340. The summed E-state index contributed by atoms with van der Waals surface area (Å²) in [4.78, 5) is 2.71. The first-order valence-corrected chi connectivity index (χ1v) is 7.61. The maximum absolute atomic E-state index is 3.56. The zero-order chi connectivity index (χ0) is 11.7. The van der Waals surface area contributed by atoms with Gasteiger partial charge in [0, 0.05) is 17.1 Å². The van der Waals surface area contributed by atoms with Crippen LogP contribution < -0.4 is 0 Å². The molecule has 1 aromatic rings. The van der Waals surface area contributed by atoms with Crippen LogP contribution in [0.3, 0.4) is 0 Å². The molecule has 1 heterocycles. The first kappa shape index (κ1) is 11.7. The van der Waals surface area contributed by atoms with Crippen LogP contribution in [0, 0.1) is 5.92 Å². The van der Waals surface area contributed by atoms with Gasteiger partial charge in [0.1, 0.15) is 0 Å². The second-order valence-electron chi connectivity index (χ2n) is 5.50. The lowest BCUT2D eigenvalue weighted by Crippen LogP contribution is -2.34.